The average molecular weight is 441 g/mol. The SMILES string of the molecule is CCCCCCCCCCn1c(N/N=C\c2ccccc2O)nc2c1c(=O)[nH]c(=O)n2C. The van der Waals surface area contributed by atoms with E-state index in [2.05, 4.69) is 27.4 Å². The summed E-state index contributed by atoms with van der Waals surface area (Å²) in [4.78, 5) is 31.3. The van der Waals surface area contributed by atoms with E-state index in [0.717, 1.165) is 19.3 Å². The highest BCUT2D eigenvalue weighted by atomic mass is 16.3. The van der Waals surface area contributed by atoms with Crippen LogP contribution in [0.4, 0.5) is 5.95 Å². The van der Waals surface area contributed by atoms with Crippen molar-refractivity contribution >= 4 is 23.3 Å². The lowest BCUT2D eigenvalue weighted by Crippen LogP contribution is -2.29. The summed E-state index contributed by atoms with van der Waals surface area (Å²) in [6.07, 6.45) is 10.9. The van der Waals surface area contributed by atoms with Gasteiger partial charge in [0.25, 0.3) is 5.56 Å². The summed E-state index contributed by atoms with van der Waals surface area (Å²) in [5, 5.41) is 14.1. The molecule has 0 bridgehead atoms. The van der Waals surface area contributed by atoms with Gasteiger partial charge in [-0.1, -0.05) is 64.0 Å². The quantitative estimate of drug-likeness (QED) is 0.225. The van der Waals surface area contributed by atoms with Crippen molar-refractivity contribution in [2.24, 2.45) is 12.1 Å². The predicted octanol–water partition coefficient (Wildman–Crippen LogP) is 3.72. The van der Waals surface area contributed by atoms with E-state index in [9.17, 15) is 14.7 Å². The number of nitrogens with one attached hydrogen (secondary N) is 2. The maximum Gasteiger partial charge on any atom is 0.329 e. The molecule has 2 aromatic heterocycles. The fraction of sp³-hybridized carbons (Fsp3) is 0.478. The van der Waals surface area contributed by atoms with E-state index in [-0.39, 0.29) is 5.75 Å². The first kappa shape index (κ1) is 23.3. The van der Waals surface area contributed by atoms with Gasteiger partial charge < -0.3 is 9.67 Å². The number of rotatable bonds is 12. The number of para-hydroxylation sites is 1. The summed E-state index contributed by atoms with van der Waals surface area (Å²) in [5.41, 5.74) is 3.09. The molecule has 0 spiro atoms. The molecule has 0 fully saturated rings. The molecule has 3 rings (SSSR count). The summed E-state index contributed by atoms with van der Waals surface area (Å²) < 4.78 is 3.09. The zero-order valence-corrected chi connectivity index (χ0v) is 18.8. The van der Waals surface area contributed by atoms with Gasteiger partial charge in [0.2, 0.25) is 5.95 Å². The van der Waals surface area contributed by atoms with Crippen LogP contribution in [0.15, 0.2) is 39.0 Å². The van der Waals surface area contributed by atoms with Crippen molar-refractivity contribution in [1.29, 1.82) is 0 Å². The highest BCUT2D eigenvalue weighted by Crippen LogP contribution is 2.18. The number of aryl methyl sites for hydroxylation is 2. The summed E-state index contributed by atoms with van der Waals surface area (Å²) in [7, 11) is 1.57. The molecule has 9 heteroatoms. The van der Waals surface area contributed by atoms with E-state index < -0.39 is 11.2 Å². The van der Waals surface area contributed by atoms with Crippen molar-refractivity contribution in [2.45, 2.75) is 64.8 Å². The Morgan fingerprint density at radius 1 is 1.09 bits per heavy atom. The minimum absolute atomic E-state index is 0.115. The summed E-state index contributed by atoms with van der Waals surface area (Å²) >= 11 is 0. The van der Waals surface area contributed by atoms with Crippen LogP contribution in [-0.4, -0.2) is 30.4 Å². The van der Waals surface area contributed by atoms with Crippen LogP contribution >= 0.6 is 0 Å². The number of nitrogens with zero attached hydrogens (tertiary/aromatic N) is 4. The van der Waals surface area contributed by atoms with Crippen molar-refractivity contribution in [3.8, 4) is 5.75 Å². The number of phenols is 1. The van der Waals surface area contributed by atoms with Crippen molar-refractivity contribution in [2.75, 3.05) is 5.43 Å². The zero-order chi connectivity index (χ0) is 22.9. The van der Waals surface area contributed by atoms with Gasteiger partial charge in [-0.15, -0.1) is 0 Å². The molecule has 0 saturated heterocycles. The van der Waals surface area contributed by atoms with E-state index in [1.54, 1.807) is 35.9 Å². The molecule has 0 radical (unpaired) electrons. The fourth-order valence-corrected chi connectivity index (χ4v) is 3.70. The van der Waals surface area contributed by atoms with Crippen molar-refractivity contribution in [1.82, 2.24) is 19.1 Å². The predicted molar refractivity (Wildman–Crippen MR) is 128 cm³/mol. The van der Waals surface area contributed by atoms with Crippen LogP contribution in [0.2, 0.25) is 0 Å². The second-order valence-electron chi connectivity index (χ2n) is 7.98. The number of unbranched alkanes of at least 4 members (excludes halogenated alkanes) is 7. The van der Waals surface area contributed by atoms with E-state index in [1.807, 2.05) is 0 Å². The molecule has 9 nitrogen and oxygen atoms in total. The zero-order valence-electron chi connectivity index (χ0n) is 18.8. The lowest BCUT2D eigenvalue weighted by atomic mass is 10.1. The number of H-pyrrole nitrogens is 1. The lowest BCUT2D eigenvalue weighted by Gasteiger charge is -2.08. The third kappa shape index (κ3) is 5.66. The number of phenolic OH excluding ortho intramolecular Hbond substituents is 1. The Morgan fingerprint density at radius 3 is 2.50 bits per heavy atom. The molecule has 0 aliphatic carbocycles. The smallest absolute Gasteiger partial charge is 0.329 e. The molecule has 0 unspecified atom stereocenters. The van der Waals surface area contributed by atoms with Crippen LogP contribution in [-0.2, 0) is 13.6 Å². The van der Waals surface area contributed by atoms with Crippen LogP contribution < -0.4 is 16.7 Å². The molecular weight excluding hydrogens is 408 g/mol. The minimum atomic E-state index is -0.511. The molecule has 0 aliphatic heterocycles. The Hall–Kier alpha value is -3.36. The van der Waals surface area contributed by atoms with Gasteiger partial charge in [0, 0.05) is 19.2 Å². The van der Waals surface area contributed by atoms with Crippen molar-refractivity contribution in [3.05, 3.63) is 50.7 Å². The molecule has 2 heterocycles. The average Bonchev–Trinajstić information content (AvgIpc) is 3.14. The van der Waals surface area contributed by atoms with E-state index >= 15 is 0 Å². The van der Waals surface area contributed by atoms with Crippen LogP contribution in [0.1, 0.15) is 63.9 Å². The van der Waals surface area contributed by atoms with Gasteiger partial charge >= 0.3 is 5.69 Å². The first-order valence-electron chi connectivity index (χ1n) is 11.3. The molecule has 172 valence electrons. The maximum atomic E-state index is 12.5. The van der Waals surface area contributed by atoms with Crippen molar-refractivity contribution in [3.63, 3.8) is 0 Å². The number of benzene rings is 1. The molecule has 0 saturated carbocycles. The number of aromatic amines is 1. The van der Waals surface area contributed by atoms with Crippen LogP contribution in [0, 0.1) is 0 Å². The van der Waals surface area contributed by atoms with E-state index in [1.165, 1.54) is 42.9 Å². The normalized spacial score (nSPS) is 11.6. The molecule has 1 aromatic carbocycles. The third-order valence-corrected chi connectivity index (χ3v) is 5.55. The lowest BCUT2D eigenvalue weighted by molar-refractivity contribution is 0.474. The number of fused-ring (bicyclic) bond motifs is 1. The molecule has 32 heavy (non-hydrogen) atoms. The Labute approximate surface area is 186 Å². The van der Waals surface area contributed by atoms with Gasteiger partial charge in [-0.05, 0) is 18.6 Å². The van der Waals surface area contributed by atoms with Gasteiger partial charge in [0.15, 0.2) is 11.2 Å². The number of imidazole rings is 1. The van der Waals surface area contributed by atoms with Gasteiger partial charge in [-0.3, -0.25) is 14.3 Å². The molecule has 0 amide bonds. The Balaban J connectivity index is 1.76. The minimum Gasteiger partial charge on any atom is -0.507 e. The Kier molecular flexibility index (Phi) is 8.24. The first-order valence-corrected chi connectivity index (χ1v) is 11.3. The van der Waals surface area contributed by atoms with Gasteiger partial charge in [0.1, 0.15) is 5.75 Å². The highest BCUT2D eigenvalue weighted by molar-refractivity contribution is 5.83. The largest absolute Gasteiger partial charge is 0.507 e. The number of aromatic hydroxyl groups is 1. The van der Waals surface area contributed by atoms with Crippen LogP contribution in [0.25, 0.3) is 11.2 Å². The second-order valence-corrected chi connectivity index (χ2v) is 7.98. The molecular formula is C23H32N6O3. The number of hydrogen-bond donors (Lipinski definition) is 3. The third-order valence-electron chi connectivity index (χ3n) is 5.55. The molecule has 0 aliphatic rings. The van der Waals surface area contributed by atoms with E-state index in [4.69, 9.17) is 0 Å². The fourth-order valence-electron chi connectivity index (χ4n) is 3.70. The van der Waals surface area contributed by atoms with Crippen LogP contribution in [0.3, 0.4) is 0 Å². The second kappa shape index (κ2) is 11.3. The number of hydrogen-bond acceptors (Lipinski definition) is 6. The topological polar surface area (TPSA) is 117 Å². The Morgan fingerprint density at radius 2 is 1.78 bits per heavy atom. The van der Waals surface area contributed by atoms with Gasteiger partial charge in [-0.2, -0.15) is 10.1 Å². The van der Waals surface area contributed by atoms with E-state index in [0.29, 0.717) is 29.2 Å². The summed E-state index contributed by atoms with van der Waals surface area (Å²) in [5.74, 6) is 0.491. The Bertz CT molecular complexity index is 1170. The van der Waals surface area contributed by atoms with Crippen molar-refractivity contribution < 1.29 is 5.11 Å². The van der Waals surface area contributed by atoms with Crippen LogP contribution in [0.5, 0.6) is 5.75 Å². The molecule has 3 aromatic rings. The maximum absolute atomic E-state index is 12.5. The molecule has 0 atom stereocenters. The summed E-state index contributed by atoms with van der Waals surface area (Å²) in [6, 6.07) is 6.84. The number of hydrazone groups is 1. The number of anilines is 1. The number of aromatic nitrogens is 4. The molecule has 3 N–H and O–H groups in total. The highest BCUT2D eigenvalue weighted by Gasteiger charge is 2.16. The summed E-state index contributed by atoms with van der Waals surface area (Å²) in [6.45, 7) is 2.80. The van der Waals surface area contributed by atoms with Gasteiger partial charge in [0.05, 0.1) is 6.21 Å². The van der Waals surface area contributed by atoms with Gasteiger partial charge in [-0.25, -0.2) is 10.2 Å². The monoisotopic (exact) mass is 440 g/mol. The standard InChI is InChI=1S/C23H32N6O3/c1-3-4-5-6-7-8-9-12-15-29-19-20(28(2)23(32)26-21(19)31)25-22(29)27-24-16-17-13-10-11-14-18(17)30/h10-11,13-14,16,30H,3-9,12,15H2,1-2H3,(H,25,27)(H,26,31,32)/b24-16-. The first-order chi connectivity index (χ1) is 15.5.